The Morgan fingerprint density at radius 3 is 2.42 bits per heavy atom. The third-order valence-electron chi connectivity index (χ3n) is 8.01. The molecule has 2 aliphatic carbocycles. The summed E-state index contributed by atoms with van der Waals surface area (Å²) in [6.07, 6.45) is 16.1. The van der Waals surface area contributed by atoms with Crippen molar-refractivity contribution in [3.63, 3.8) is 0 Å². The summed E-state index contributed by atoms with van der Waals surface area (Å²) in [4.78, 5) is 34.3. The van der Waals surface area contributed by atoms with Gasteiger partial charge in [-0.25, -0.2) is 4.99 Å². The number of hydrogen-bond acceptors (Lipinski definition) is 5. The smallest absolute Gasteiger partial charge is 0.256 e. The van der Waals surface area contributed by atoms with Crippen LogP contribution in [-0.4, -0.2) is 28.3 Å². The highest BCUT2D eigenvalue weighted by molar-refractivity contribution is 6.47. The highest BCUT2D eigenvalue weighted by Crippen LogP contribution is 2.38. The topological polar surface area (TPSA) is 134 Å². The summed E-state index contributed by atoms with van der Waals surface area (Å²) in [5.41, 5.74) is 4.90. The van der Waals surface area contributed by atoms with E-state index in [2.05, 4.69) is 40.8 Å². The van der Waals surface area contributed by atoms with Crippen molar-refractivity contribution in [2.24, 2.45) is 10.9 Å². The zero-order valence-electron chi connectivity index (χ0n) is 24.8. The van der Waals surface area contributed by atoms with Gasteiger partial charge in [0.05, 0.1) is 23.0 Å². The van der Waals surface area contributed by atoms with Gasteiger partial charge in [0.15, 0.2) is 5.84 Å². The Morgan fingerprint density at radius 1 is 1.00 bits per heavy atom. The van der Waals surface area contributed by atoms with Crippen molar-refractivity contribution in [3.05, 3.63) is 136 Å². The molecule has 4 N–H and O–H groups in total. The summed E-state index contributed by atoms with van der Waals surface area (Å²) in [7, 11) is 0. The summed E-state index contributed by atoms with van der Waals surface area (Å²) >= 11 is 0. The van der Waals surface area contributed by atoms with Crippen LogP contribution in [0.25, 0.3) is 11.6 Å². The minimum Gasteiger partial charge on any atom is -0.340 e. The van der Waals surface area contributed by atoms with Crippen LogP contribution >= 0.6 is 0 Å². The number of amidine groups is 1. The Kier molecular flexibility index (Phi) is 8.34. The summed E-state index contributed by atoms with van der Waals surface area (Å²) in [5.74, 6) is -0.403. The molecule has 2 amide bonds. The lowest BCUT2D eigenvalue weighted by Gasteiger charge is -2.14. The number of allylic oxidation sites excluding steroid dienone is 7. The zero-order chi connectivity index (χ0) is 31.3. The van der Waals surface area contributed by atoms with Crippen LogP contribution in [0, 0.1) is 22.7 Å². The van der Waals surface area contributed by atoms with Crippen molar-refractivity contribution >= 4 is 40.8 Å². The lowest BCUT2D eigenvalue weighted by Crippen LogP contribution is -2.36. The van der Waals surface area contributed by atoms with Gasteiger partial charge in [-0.3, -0.25) is 9.59 Å². The molecule has 1 aliphatic heterocycles. The number of nitriles is 1. The molecule has 0 spiro atoms. The summed E-state index contributed by atoms with van der Waals surface area (Å²) in [5, 5.41) is 25.2. The van der Waals surface area contributed by atoms with Crippen LogP contribution in [0.5, 0.6) is 0 Å². The minimum absolute atomic E-state index is 0.165. The Hall–Kier alpha value is -5.81. The Labute approximate surface area is 261 Å². The van der Waals surface area contributed by atoms with Crippen molar-refractivity contribution in [3.8, 4) is 6.07 Å². The molecule has 3 aliphatic rings. The predicted molar refractivity (Wildman–Crippen MR) is 178 cm³/mol. The highest BCUT2D eigenvalue weighted by atomic mass is 16.2. The molecule has 0 saturated heterocycles. The van der Waals surface area contributed by atoms with E-state index in [0.717, 1.165) is 30.4 Å². The number of rotatable bonds is 6. The number of hydrogen-bond donors (Lipinski definition) is 4. The van der Waals surface area contributed by atoms with Gasteiger partial charge in [0.25, 0.3) is 11.8 Å². The van der Waals surface area contributed by atoms with Crippen molar-refractivity contribution in [1.82, 2.24) is 10.3 Å². The molecule has 0 bridgehead atoms. The number of benzene rings is 2. The fraction of sp³-hybridized carbons (Fsp3) is 0.162. The molecule has 8 heteroatoms. The molecule has 2 aromatic carbocycles. The van der Waals surface area contributed by atoms with E-state index < -0.39 is 5.92 Å². The summed E-state index contributed by atoms with van der Waals surface area (Å²) in [6, 6.07) is 20.7. The second-order valence-electron chi connectivity index (χ2n) is 11.2. The SMILES string of the molecule is CC1C=CC(c2c(/C=C3\N=C(NC(=O)C4=CCCC=C4)C(=N)C3c3ccccc3)[nH]c(NC(=O)c3ccccc3)c2C#N)=CC1. The second-order valence-corrected chi connectivity index (χ2v) is 11.2. The first-order valence-corrected chi connectivity index (χ1v) is 15.0. The Morgan fingerprint density at radius 2 is 1.76 bits per heavy atom. The standard InChI is InChI=1S/C37H32N6O2/c1-23-17-19-25(20-18-23)31-28(22-38)34(42-36(44)26-13-7-3-8-14-26)40-29(31)21-30-32(24-11-5-2-6-12-24)33(39)35(41-30)43-37(45)27-15-9-4-10-16-27/h2-3,5-9,11-17,19-21,23,32,39-40H,4,10,18H2,1H3,(H,42,44)(H,41,43,45)/b30-21-,39-33?. The first-order valence-electron chi connectivity index (χ1n) is 15.0. The number of carbonyl (C=O) groups excluding carboxylic acids is 2. The quantitative estimate of drug-likeness (QED) is 0.244. The molecule has 222 valence electrons. The van der Waals surface area contributed by atoms with E-state index in [1.54, 1.807) is 30.3 Å². The van der Waals surface area contributed by atoms with Gasteiger partial charge in [-0.05, 0) is 54.5 Å². The molecule has 1 aromatic heterocycles. The maximum Gasteiger partial charge on any atom is 0.256 e. The van der Waals surface area contributed by atoms with E-state index >= 15 is 0 Å². The van der Waals surface area contributed by atoms with Gasteiger partial charge in [-0.15, -0.1) is 0 Å². The number of aliphatic imine (C=N–C) groups is 1. The van der Waals surface area contributed by atoms with E-state index in [0.29, 0.717) is 39.6 Å². The van der Waals surface area contributed by atoms with Gasteiger partial charge in [0.2, 0.25) is 0 Å². The minimum atomic E-state index is -0.558. The van der Waals surface area contributed by atoms with Crippen molar-refractivity contribution < 1.29 is 9.59 Å². The van der Waals surface area contributed by atoms with Crippen molar-refractivity contribution in [2.45, 2.75) is 32.1 Å². The number of anilines is 1. The van der Waals surface area contributed by atoms with Gasteiger partial charge in [0.1, 0.15) is 17.5 Å². The van der Waals surface area contributed by atoms with E-state index in [1.807, 2.05) is 60.7 Å². The lowest BCUT2D eigenvalue weighted by molar-refractivity contribution is -0.115. The molecule has 6 rings (SSSR count). The van der Waals surface area contributed by atoms with Crippen LogP contribution < -0.4 is 10.6 Å². The molecule has 0 radical (unpaired) electrons. The van der Waals surface area contributed by atoms with E-state index in [9.17, 15) is 14.9 Å². The molecule has 45 heavy (non-hydrogen) atoms. The van der Waals surface area contributed by atoms with Crippen LogP contribution in [0.15, 0.2) is 113 Å². The molecular formula is C37H32N6O2. The van der Waals surface area contributed by atoms with E-state index in [4.69, 9.17) is 10.4 Å². The molecule has 2 unspecified atom stereocenters. The van der Waals surface area contributed by atoms with Crippen molar-refractivity contribution in [1.29, 1.82) is 10.7 Å². The van der Waals surface area contributed by atoms with Crippen LogP contribution in [0.3, 0.4) is 0 Å². The molecule has 2 heterocycles. The largest absolute Gasteiger partial charge is 0.340 e. The average molecular weight is 593 g/mol. The first kappa shape index (κ1) is 29.3. The number of H-pyrrole nitrogens is 1. The normalized spacial score (nSPS) is 19.9. The van der Waals surface area contributed by atoms with Crippen LogP contribution in [0.2, 0.25) is 0 Å². The molecule has 0 fully saturated rings. The summed E-state index contributed by atoms with van der Waals surface area (Å²) < 4.78 is 0. The molecule has 0 saturated carbocycles. The number of amides is 2. The lowest BCUT2D eigenvalue weighted by atomic mass is 9.90. The number of nitrogens with one attached hydrogen (secondary N) is 4. The zero-order valence-corrected chi connectivity index (χ0v) is 24.8. The third-order valence-corrected chi connectivity index (χ3v) is 8.01. The molecule has 2 atom stereocenters. The predicted octanol–water partition coefficient (Wildman–Crippen LogP) is 7.07. The van der Waals surface area contributed by atoms with Gasteiger partial charge in [0, 0.05) is 16.7 Å². The van der Waals surface area contributed by atoms with E-state index in [1.165, 1.54) is 0 Å². The van der Waals surface area contributed by atoms with Crippen LogP contribution in [0.4, 0.5) is 5.82 Å². The Bertz CT molecular complexity index is 1900. The van der Waals surface area contributed by atoms with Gasteiger partial charge >= 0.3 is 0 Å². The summed E-state index contributed by atoms with van der Waals surface area (Å²) in [6.45, 7) is 2.12. The maximum absolute atomic E-state index is 13.1. The van der Waals surface area contributed by atoms with Crippen LogP contribution in [-0.2, 0) is 4.79 Å². The fourth-order valence-electron chi connectivity index (χ4n) is 5.66. The van der Waals surface area contributed by atoms with E-state index in [-0.39, 0.29) is 29.2 Å². The van der Waals surface area contributed by atoms with Gasteiger partial charge < -0.3 is 21.0 Å². The highest BCUT2D eigenvalue weighted by Gasteiger charge is 2.34. The second kappa shape index (κ2) is 12.8. The average Bonchev–Trinajstić information content (AvgIpc) is 3.57. The fourth-order valence-corrected chi connectivity index (χ4v) is 5.66. The molecular weight excluding hydrogens is 560 g/mol. The number of aromatic amines is 1. The van der Waals surface area contributed by atoms with Gasteiger partial charge in [-0.2, -0.15) is 5.26 Å². The van der Waals surface area contributed by atoms with Crippen LogP contribution in [0.1, 0.15) is 64.8 Å². The first-order chi connectivity index (χ1) is 21.9. The monoisotopic (exact) mass is 592 g/mol. The third kappa shape index (κ3) is 6.15. The number of carbonyl (C=O) groups is 2. The van der Waals surface area contributed by atoms with Gasteiger partial charge in [-0.1, -0.05) is 91.9 Å². The number of aromatic nitrogens is 1. The molecule has 8 nitrogen and oxygen atoms in total. The van der Waals surface area contributed by atoms with Crippen molar-refractivity contribution in [2.75, 3.05) is 5.32 Å². The number of nitrogens with zero attached hydrogens (tertiary/aromatic N) is 2. The Balaban J connectivity index is 1.45. The maximum atomic E-state index is 13.1. The molecule has 3 aromatic rings.